The Bertz CT molecular complexity index is 860. The summed E-state index contributed by atoms with van der Waals surface area (Å²) in [6.45, 7) is 0.673. The van der Waals surface area contributed by atoms with E-state index in [1.54, 1.807) is 22.8 Å². The minimum absolute atomic E-state index is 0.00740. The zero-order chi connectivity index (χ0) is 13.0. The molecule has 0 saturated heterocycles. The van der Waals surface area contributed by atoms with Gasteiger partial charge in [0.1, 0.15) is 5.82 Å². The number of aromatic nitrogens is 2. The number of aryl methyl sites for hydroxylation is 1. The topological polar surface area (TPSA) is 37.8 Å². The zero-order valence-corrected chi connectivity index (χ0v) is 10.1. The van der Waals surface area contributed by atoms with Gasteiger partial charge in [0.05, 0.1) is 11.4 Å². The van der Waals surface area contributed by atoms with Crippen molar-refractivity contribution in [2.24, 2.45) is 0 Å². The van der Waals surface area contributed by atoms with Gasteiger partial charge in [0, 0.05) is 23.5 Å². The van der Waals surface area contributed by atoms with E-state index in [9.17, 15) is 9.18 Å². The molecular formula is C15H11FN2O. The minimum atomic E-state index is -0.253. The molecule has 0 radical (unpaired) electrons. The van der Waals surface area contributed by atoms with Gasteiger partial charge in [0.2, 0.25) is 0 Å². The van der Waals surface area contributed by atoms with Crippen LogP contribution in [0.1, 0.15) is 5.56 Å². The fourth-order valence-electron chi connectivity index (χ4n) is 2.90. The maximum atomic E-state index is 13.3. The summed E-state index contributed by atoms with van der Waals surface area (Å²) in [6, 6.07) is 10.0. The third kappa shape index (κ3) is 1.40. The molecule has 0 amide bonds. The van der Waals surface area contributed by atoms with Gasteiger partial charge in [0.25, 0.3) is 5.56 Å². The van der Waals surface area contributed by atoms with Gasteiger partial charge in [-0.1, -0.05) is 6.07 Å². The second kappa shape index (κ2) is 3.57. The molecule has 1 aliphatic heterocycles. The molecule has 0 spiro atoms. The van der Waals surface area contributed by atoms with Gasteiger partial charge in [-0.2, -0.15) is 0 Å². The van der Waals surface area contributed by atoms with Crippen LogP contribution in [0, 0.1) is 5.82 Å². The first-order valence-corrected chi connectivity index (χ1v) is 6.24. The molecule has 3 heterocycles. The lowest BCUT2D eigenvalue weighted by Crippen LogP contribution is -2.24. The minimum Gasteiger partial charge on any atom is -0.353 e. The van der Waals surface area contributed by atoms with E-state index >= 15 is 0 Å². The Hall–Kier alpha value is -2.36. The van der Waals surface area contributed by atoms with Crippen LogP contribution in [-0.2, 0) is 13.0 Å². The number of nitrogens with zero attached hydrogens (tertiary/aromatic N) is 1. The molecule has 94 valence electrons. The highest BCUT2D eigenvalue weighted by atomic mass is 19.1. The van der Waals surface area contributed by atoms with E-state index in [1.165, 1.54) is 17.7 Å². The third-order valence-electron chi connectivity index (χ3n) is 3.76. The second-order valence-corrected chi connectivity index (χ2v) is 4.82. The lowest BCUT2D eigenvalue weighted by atomic mass is 10.0. The summed E-state index contributed by atoms with van der Waals surface area (Å²) in [5.74, 6) is -0.253. The van der Waals surface area contributed by atoms with Crippen molar-refractivity contribution in [3.8, 4) is 11.4 Å². The van der Waals surface area contributed by atoms with Crippen molar-refractivity contribution in [3.63, 3.8) is 0 Å². The number of pyridine rings is 1. The third-order valence-corrected chi connectivity index (χ3v) is 3.76. The fourth-order valence-corrected chi connectivity index (χ4v) is 2.90. The van der Waals surface area contributed by atoms with Crippen LogP contribution in [0.5, 0.6) is 0 Å². The lowest BCUT2D eigenvalue weighted by Gasteiger charge is -2.18. The molecule has 0 bridgehead atoms. The summed E-state index contributed by atoms with van der Waals surface area (Å²) in [7, 11) is 0. The number of halogens is 1. The van der Waals surface area contributed by atoms with E-state index in [4.69, 9.17) is 0 Å². The van der Waals surface area contributed by atoms with Crippen molar-refractivity contribution in [2.75, 3.05) is 0 Å². The largest absolute Gasteiger partial charge is 0.353 e. The van der Waals surface area contributed by atoms with Crippen LogP contribution in [0.2, 0.25) is 0 Å². The van der Waals surface area contributed by atoms with Gasteiger partial charge in [-0.3, -0.25) is 4.79 Å². The molecule has 19 heavy (non-hydrogen) atoms. The van der Waals surface area contributed by atoms with Crippen LogP contribution >= 0.6 is 0 Å². The molecule has 0 aliphatic carbocycles. The van der Waals surface area contributed by atoms with E-state index in [1.807, 2.05) is 6.07 Å². The van der Waals surface area contributed by atoms with Crippen molar-refractivity contribution in [1.82, 2.24) is 9.55 Å². The molecule has 1 aromatic carbocycles. The number of aromatic amines is 1. The quantitative estimate of drug-likeness (QED) is 0.658. The van der Waals surface area contributed by atoms with Crippen molar-refractivity contribution in [2.45, 2.75) is 13.0 Å². The number of nitrogens with one attached hydrogen (secondary N) is 1. The summed E-state index contributed by atoms with van der Waals surface area (Å²) in [5, 5.41) is 1.04. The first-order chi connectivity index (χ1) is 9.24. The summed E-state index contributed by atoms with van der Waals surface area (Å²) in [4.78, 5) is 15.1. The van der Waals surface area contributed by atoms with Crippen LogP contribution in [0.3, 0.4) is 0 Å². The Labute approximate surface area is 108 Å². The molecule has 3 nitrogen and oxygen atoms in total. The van der Waals surface area contributed by atoms with Crippen molar-refractivity contribution >= 4 is 10.9 Å². The van der Waals surface area contributed by atoms with E-state index in [-0.39, 0.29) is 11.4 Å². The van der Waals surface area contributed by atoms with E-state index in [0.29, 0.717) is 6.54 Å². The summed E-state index contributed by atoms with van der Waals surface area (Å²) in [5.41, 5.74) is 3.78. The van der Waals surface area contributed by atoms with Crippen molar-refractivity contribution in [1.29, 1.82) is 0 Å². The van der Waals surface area contributed by atoms with Crippen LogP contribution in [-0.4, -0.2) is 9.55 Å². The predicted octanol–water partition coefficient (Wildman–Crippen LogP) is 2.69. The van der Waals surface area contributed by atoms with E-state index in [2.05, 4.69) is 4.98 Å². The highest BCUT2D eigenvalue weighted by molar-refractivity contribution is 5.90. The maximum Gasteiger partial charge on any atom is 0.251 e. The molecule has 4 rings (SSSR count). The molecule has 1 N–H and O–H groups in total. The summed E-state index contributed by atoms with van der Waals surface area (Å²) >= 11 is 0. The predicted molar refractivity (Wildman–Crippen MR) is 71.7 cm³/mol. The first kappa shape index (κ1) is 10.6. The van der Waals surface area contributed by atoms with Crippen molar-refractivity contribution in [3.05, 3.63) is 58.1 Å². The molecular weight excluding hydrogens is 243 g/mol. The molecule has 0 unspecified atom stereocenters. The normalized spacial score (nSPS) is 13.3. The van der Waals surface area contributed by atoms with Crippen LogP contribution in [0.4, 0.5) is 4.39 Å². The lowest BCUT2D eigenvalue weighted by molar-refractivity contribution is 0.629. The molecule has 1 aliphatic rings. The number of benzene rings is 1. The van der Waals surface area contributed by atoms with Gasteiger partial charge in [-0.15, -0.1) is 0 Å². The van der Waals surface area contributed by atoms with Gasteiger partial charge in [-0.25, -0.2) is 4.39 Å². The molecule has 4 heteroatoms. The molecule has 0 saturated carbocycles. The molecule has 3 aromatic rings. The molecule has 0 fully saturated rings. The average molecular weight is 254 g/mol. The molecule has 2 aromatic heterocycles. The SMILES string of the molecule is O=c1cccc2n1CCc1c-2[nH]c2cc(F)ccc12. The number of H-pyrrole nitrogens is 1. The van der Waals surface area contributed by atoms with Gasteiger partial charge < -0.3 is 9.55 Å². The zero-order valence-electron chi connectivity index (χ0n) is 10.1. The Balaban J connectivity index is 2.10. The van der Waals surface area contributed by atoms with Crippen LogP contribution in [0.15, 0.2) is 41.2 Å². The highest BCUT2D eigenvalue weighted by Gasteiger charge is 2.20. The monoisotopic (exact) mass is 254 g/mol. The summed E-state index contributed by atoms with van der Waals surface area (Å²) in [6.07, 6.45) is 0.790. The Morgan fingerprint density at radius 3 is 3.00 bits per heavy atom. The van der Waals surface area contributed by atoms with E-state index < -0.39 is 0 Å². The smallest absolute Gasteiger partial charge is 0.251 e. The average Bonchev–Trinajstić information content (AvgIpc) is 2.77. The summed E-state index contributed by atoms with van der Waals surface area (Å²) < 4.78 is 15.0. The number of hydrogen-bond donors (Lipinski definition) is 1. The van der Waals surface area contributed by atoms with Crippen LogP contribution < -0.4 is 5.56 Å². The fraction of sp³-hybridized carbons (Fsp3) is 0.133. The second-order valence-electron chi connectivity index (χ2n) is 4.82. The van der Waals surface area contributed by atoms with Gasteiger partial charge in [0.15, 0.2) is 0 Å². The number of hydrogen-bond acceptors (Lipinski definition) is 1. The maximum absolute atomic E-state index is 13.3. The number of fused-ring (bicyclic) bond motifs is 5. The Kier molecular flexibility index (Phi) is 1.98. The van der Waals surface area contributed by atoms with Gasteiger partial charge >= 0.3 is 0 Å². The highest BCUT2D eigenvalue weighted by Crippen LogP contribution is 2.33. The van der Waals surface area contributed by atoms with Crippen molar-refractivity contribution < 1.29 is 4.39 Å². The number of rotatable bonds is 0. The standard InChI is InChI=1S/C15H11FN2O/c16-9-4-5-10-11-6-7-18-13(2-1-3-14(18)19)15(11)17-12(10)8-9/h1-5,8,17H,6-7H2. The Morgan fingerprint density at radius 1 is 1.21 bits per heavy atom. The molecule has 0 atom stereocenters. The van der Waals surface area contributed by atoms with E-state index in [0.717, 1.165) is 28.7 Å². The van der Waals surface area contributed by atoms with Gasteiger partial charge in [-0.05, 0) is 36.2 Å². The Morgan fingerprint density at radius 2 is 2.11 bits per heavy atom. The van der Waals surface area contributed by atoms with Crippen LogP contribution in [0.25, 0.3) is 22.3 Å². The first-order valence-electron chi connectivity index (χ1n) is 6.24.